The van der Waals surface area contributed by atoms with Gasteiger partial charge < -0.3 is 9.67 Å². The van der Waals surface area contributed by atoms with Crippen LogP contribution in [0.5, 0.6) is 0 Å². The zero-order chi connectivity index (χ0) is 15.7. The smallest absolute Gasteiger partial charge is 0.341 e. The van der Waals surface area contributed by atoms with Crippen LogP contribution < -0.4 is 5.43 Å². The Kier molecular flexibility index (Phi) is 3.81. The monoisotopic (exact) mass is 357 g/mol. The van der Waals surface area contributed by atoms with Crippen molar-refractivity contribution in [3.8, 4) is 0 Å². The minimum Gasteiger partial charge on any atom is -0.477 e. The molecule has 110 valence electrons. The predicted molar refractivity (Wildman–Crippen MR) is 88.4 cm³/mol. The summed E-state index contributed by atoms with van der Waals surface area (Å²) in [6, 6.07) is 14.9. The highest BCUT2D eigenvalue weighted by atomic mass is 79.9. The molecule has 5 heteroatoms. The van der Waals surface area contributed by atoms with Crippen molar-refractivity contribution in [3.05, 3.63) is 80.6 Å². The van der Waals surface area contributed by atoms with E-state index in [2.05, 4.69) is 15.9 Å². The van der Waals surface area contributed by atoms with E-state index in [0.29, 0.717) is 17.4 Å². The van der Waals surface area contributed by atoms with E-state index in [0.717, 1.165) is 10.0 Å². The Morgan fingerprint density at radius 1 is 1.14 bits per heavy atom. The standard InChI is InChI=1S/C17H12BrNO3/c18-12-6-7-13-15(8-12)19(9-11-4-2-1-3-5-11)10-14(16(13)20)17(21)22/h1-8,10H,9H2,(H,21,22). The van der Waals surface area contributed by atoms with E-state index in [1.165, 1.54) is 6.20 Å². The number of aromatic nitrogens is 1. The van der Waals surface area contributed by atoms with Crippen LogP contribution in [0.15, 0.2) is 64.0 Å². The lowest BCUT2D eigenvalue weighted by Gasteiger charge is -2.13. The summed E-state index contributed by atoms with van der Waals surface area (Å²) >= 11 is 3.39. The molecule has 22 heavy (non-hydrogen) atoms. The third-order valence-electron chi connectivity index (χ3n) is 3.47. The van der Waals surface area contributed by atoms with Gasteiger partial charge in [-0.05, 0) is 23.8 Å². The average molecular weight is 358 g/mol. The molecule has 0 radical (unpaired) electrons. The van der Waals surface area contributed by atoms with Crippen LogP contribution in [0.3, 0.4) is 0 Å². The van der Waals surface area contributed by atoms with Gasteiger partial charge in [-0.3, -0.25) is 4.79 Å². The van der Waals surface area contributed by atoms with Crippen molar-refractivity contribution in [2.45, 2.75) is 6.54 Å². The lowest BCUT2D eigenvalue weighted by Crippen LogP contribution is -2.19. The molecule has 0 atom stereocenters. The number of fused-ring (bicyclic) bond motifs is 1. The number of hydrogen-bond acceptors (Lipinski definition) is 2. The Bertz CT molecular complexity index is 916. The van der Waals surface area contributed by atoms with Crippen molar-refractivity contribution in [1.82, 2.24) is 4.57 Å². The fraction of sp³-hybridized carbons (Fsp3) is 0.0588. The number of aromatic carboxylic acids is 1. The molecule has 0 fully saturated rings. The number of hydrogen-bond donors (Lipinski definition) is 1. The maximum Gasteiger partial charge on any atom is 0.341 e. The first-order valence-electron chi connectivity index (χ1n) is 6.66. The SMILES string of the molecule is O=C(O)c1cn(Cc2ccccc2)c2cc(Br)ccc2c1=O. The minimum absolute atomic E-state index is 0.217. The van der Waals surface area contributed by atoms with Crippen LogP contribution in [0.25, 0.3) is 10.9 Å². The molecule has 0 bridgehead atoms. The van der Waals surface area contributed by atoms with Gasteiger partial charge >= 0.3 is 5.97 Å². The number of nitrogens with zero attached hydrogens (tertiary/aromatic N) is 1. The molecule has 4 nitrogen and oxygen atoms in total. The number of halogens is 1. The van der Waals surface area contributed by atoms with Crippen molar-refractivity contribution in [2.75, 3.05) is 0 Å². The Hall–Kier alpha value is -2.40. The van der Waals surface area contributed by atoms with Gasteiger partial charge in [0.2, 0.25) is 5.43 Å². The first kappa shape index (κ1) is 14.5. The van der Waals surface area contributed by atoms with E-state index >= 15 is 0 Å². The molecule has 0 saturated heterocycles. The molecule has 1 aromatic heterocycles. The van der Waals surface area contributed by atoms with Crippen LogP contribution in [-0.2, 0) is 6.54 Å². The van der Waals surface area contributed by atoms with Crippen molar-refractivity contribution in [2.24, 2.45) is 0 Å². The third kappa shape index (κ3) is 2.67. The number of carboxylic acids is 1. The molecule has 1 heterocycles. The molecule has 1 N–H and O–H groups in total. The first-order chi connectivity index (χ1) is 10.6. The summed E-state index contributed by atoms with van der Waals surface area (Å²) in [5.74, 6) is -1.21. The number of benzene rings is 2. The highest BCUT2D eigenvalue weighted by Gasteiger charge is 2.14. The van der Waals surface area contributed by atoms with Gasteiger partial charge in [0.1, 0.15) is 5.56 Å². The van der Waals surface area contributed by atoms with Crippen LogP contribution in [0.2, 0.25) is 0 Å². The Labute approximate surface area is 134 Å². The third-order valence-corrected chi connectivity index (χ3v) is 3.96. The van der Waals surface area contributed by atoms with Crippen LogP contribution >= 0.6 is 15.9 Å². The predicted octanol–water partition coefficient (Wildman–Crippen LogP) is 3.51. The molecule has 2 aromatic carbocycles. The molecule has 0 spiro atoms. The maximum absolute atomic E-state index is 12.3. The fourth-order valence-corrected chi connectivity index (χ4v) is 2.78. The van der Waals surface area contributed by atoms with Gasteiger partial charge in [-0.1, -0.05) is 46.3 Å². The van der Waals surface area contributed by atoms with Gasteiger partial charge in [0.25, 0.3) is 0 Å². The zero-order valence-electron chi connectivity index (χ0n) is 11.5. The van der Waals surface area contributed by atoms with E-state index in [1.54, 1.807) is 16.7 Å². The van der Waals surface area contributed by atoms with E-state index in [1.807, 2.05) is 36.4 Å². The zero-order valence-corrected chi connectivity index (χ0v) is 13.1. The van der Waals surface area contributed by atoms with Crippen LogP contribution in [0.4, 0.5) is 0 Å². The lowest BCUT2D eigenvalue weighted by molar-refractivity contribution is 0.0695. The number of rotatable bonds is 3. The summed E-state index contributed by atoms with van der Waals surface area (Å²) in [5.41, 5.74) is 1.06. The van der Waals surface area contributed by atoms with Gasteiger partial charge in [-0.2, -0.15) is 0 Å². The fourth-order valence-electron chi connectivity index (χ4n) is 2.43. The quantitative estimate of drug-likeness (QED) is 0.780. The number of carboxylic acid groups (broad SMARTS) is 1. The van der Waals surface area contributed by atoms with Gasteiger partial charge in [0, 0.05) is 22.6 Å². The second-order valence-electron chi connectivity index (χ2n) is 4.95. The van der Waals surface area contributed by atoms with Crippen LogP contribution in [-0.4, -0.2) is 15.6 Å². The average Bonchev–Trinajstić information content (AvgIpc) is 2.50. The number of carbonyl (C=O) groups is 1. The minimum atomic E-state index is -1.21. The van der Waals surface area contributed by atoms with E-state index < -0.39 is 11.4 Å². The molecule has 0 saturated carbocycles. The van der Waals surface area contributed by atoms with Gasteiger partial charge in [0.05, 0.1) is 5.52 Å². The van der Waals surface area contributed by atoms with Crippen molar-refractivity contribution in [1.29, 1.82) is 0 Å². The largest absolute Gasteiger partial charge is 0.477 e. The summed E-state index contributed by atoms with van der Waals surface area (Å²) in [4.78, 5) is 23.6. The molecule has 0 aliphatic carbocycles. The Morgan fingerprint density at radius 2 is 1.86 bits per heavy atom. The van der Waals surface area contributed by atoms with E-state index in [9.17, 15) is 14.7 Å². The van der Waals surface area contributed by atoms with Crippen molar-refractivity contribution < 1.29 is 9.90 Å². The van der Waals surface area contributed by atoms with Crippen molar-refractivity contribution >= 4 is 32.8 Å². The topological polar surface area (TPSA) is 59.3 Å². The normalized spacial score (nSPS) is 10.8. The molecular weight excluding hydrogens is 346 g/mol. The van der Waals surface area contributed by atoms with E-state index in [-0.39, 0.29) is 5.56 Å². The van der Waals surface area contributed by atoms with Crippen LogP contribution in [0.1, 0.15) is 15.9 Å². The summed E-state index contributed by atoms with van der Waals surface area (Å²) < 4.78 is 2.63. The molecule has 0 amide bonds. The highest BCUT2D eigenvalue weighted by molar-refractivity contribution is 9.10. The van der Waals surface area contributed by atoms with Crippen molar-refractivity contribution in [3.63, 3.8) is 0 Å². The second kappa shape index (κ2) is 5.77. The molecular formula is C17H12BrNO3. The maximum atomic E-state index is 12.3. The lowest BCUT2D eigenvalue weighted by atomic mass is 10.1. The molecule has 0 aliphatic heterocycles. The summed E-state index contributed by atoms with van der Waals surface area (Å²) in [7, 11) is 0. The Balaban J connectivity index is 2.27. The van der Waals surface area contributed by atoms with Crippen LogP contribution in [0, 0.1) is 0 Å². The second-order valence-corrected chi connectivity index (χ2v) is 5.87. The first-order valence-corrected chi connectivity index (χ1v) is 7.45. The summed E-state index contributed by atoms with van der Waals surface area (Å²) in [6.45, 7) is 0.494. The van der Waals surface area contributed by atoms with Gasteiger partial charge in [-0.25, -0.2) is 4.79 Å². The molecule has 0 aliphatic rings. The molecule has 0 unspecified atom stereocenters. The summed E-state index contributed by atoms with van der Waals surface area (Å²) in [5, 5.41) is 9.65. The molecule has 3 aromatic rings. The van der Waals surface area contributed by atoms with E-state index in [4.69, 9.17) is 0 Å². The highest BCUT2D eigenvalue weighted by Crippen LogP contribution is 2.19. The molecule has 3 rings (SSSR count). The van der Waals surface area contributed by atoms with Gasteiger partial charge in [-0.15, -0.1) is 0 Å². The summed E-state index contributed by atoms with van der Waals surface area (Å²) in [6.07, 6.45) is 1.41. The Morgan fingerprint density at radius 3 is 2.55 bits per heavy atom. The number of pyridine rings is 1. The van der Waals surface area contributed by atoms with Gasteiger partial charge in [0.15, 0.2) is 0 Å².